The Hall–Kier alpha value is -3.72. The van der Waals surface area contributed by atoms with Gasteiger partial charge in [-0.2, -0.15) is 5.26 Å². The Morgan fingerprint density at radius 2 is 2.05 bits per heavy atom. The van der Waals surface area contributed by atoms with E-state index < -0.39 is 5.92 Å². The third-order valence-corrected chi connectivity index (χ3v) is 9.05. The van der Waals surface area contributed by atoms with Gasteiger partial charge in [0.2, 0.25) is 11.0 Å². The third kappa shape index (κ3) is 5.47. The van der Waals surface area contributed by atoms with E-state index in [1.807, 2.05) is 45.0 Å². The number of nitrogens with zero attached hydrogens (tertiary/aromatic N) is 5. The number of amides is 1. The van der Waals surface area contributed by atoms with E-state index in [1.165, 1.54) is 29.3 Å². The van der Waals surface area contributed by atoms with Gasteiger partial charge >= 0.3 is 0 Å². The van der Waals surface area contributed by atoms with Crippen LogP contribution in [-0.2, 0) is 9.59 Å². The summed E-state index contributed by atoms with van der Waals surface area (Å²) >= 11 is 8.32. The third-order valence-electron chi connectivity index (χ3n) is 6.79. The summed E-state index contributed by atoms with van der Waals surface area (Å²) < 4.78 is 0.546. The molecule has 0 saturated heterocycles. The molecule has 3 N–H and O–H groups in total. The summed E-state index contributed by atoms with van der Waals surface area (Å²) in [5, 5.41) is 22.5. The molecule has 2 aliphatic rings. The summed E-state index contributed by atoms with van der Waals surface area (Å²) in [5.74, 6) is -0.0896. The molecule has 3 aromatic rings. The molecule has 0 radical (unpaired) electrons. The predicted molar refractivity (Wildman–Crippen MR) is 157 cm³/mol. The van der Waals surface area contributed by atoms with Crippen LogP contribution in [0.2, 0.25) is 5.02 Å². The highest BCUT2D eigenvalue weighted by Gasteiger charge is 2.45. The summed E-state index contributed by atoms with van der Waals surface area (Å²) in [5.41, 5.74) is 9.90. The molecule has 5 rings (SSSR count). The average Bonchev–Trinajstić information content (AvgIpc) is 3.36. The van der Waals surface area contributed by atoms with Crippen molar-refractivity contribution in [2.45, 2.75) is 43.9 Å². The summed E-state index contributed by atoms with van der Waals surface area (Å²) in [7, 11) is 0. The van der Waals surface area contributed by atoms with Crippen molar-refractivity contribution in [2.24, 2.45) is 11.1 Å². The molecule has 0 bridgehead atoms. The lowest BCUT2D eigenvalue weighted by atomic mass is 9.68. The van der Waals surface area contributed by atoms with Crippen LogP contribution < -0.4 is 16.0 Å². The molecule has 0 spiro atoms. The molecule has 1 unspecified atom stereocenters. The minimum Gasteiger partial charge on any atom is -0.384 e. The summed E-state index contributed by atoms with van der Waals surface area (Å²) in [6.45, 7) is 6.06. The monoisotopic (exact) mass is 591 g/mol. The van der Waals surface area contributed by atoms with Crippen molar-refractivity contribution >= 4 is 57.3 Å². The van der Waals surface area contributed by atoms with Crippen LogP contribution in [0.25, 0.3) is 0 Å². The van der Waals surface area contributed by atoms with E-state index in [0.717, 1.165) is 16.8 Å². The van der Waals surface area contributed by atoms with Gasteiger partial charge in [0.05, 0.1) is 28.3 Å². The van der Waals surface area contributed by atoms with Crippen molar-refractivity contribution in [3.05, 3.63) is 81.4 Å². The smallest absolute Gasteiger partial charge is 0.235 e. The van der Waals surface area contributed by atoms with E-state index >= 15 is 0 Å². The first-order valence-corrected chi connectivity index (χ1v) is 14.7. The van der Waals surface area contributed by atoms with Crippen molar-refractivity contribution in [2.75, 3.05) is 16.0 Å². The molecule has 0 saturated carbocycles. The van der Waals surface area contributed by atoms with Crippen LogP contribution in [0.15, 0.2) is 69.6 Å². The zero-order valence-corrected chi connectivity index (χ0v) is 24.5. The van der Waals surface area contributed by atoms with Gasteiger partial charge in [0.15, 0.2) is 10.1 Å². The number of carbonyl (C=O) groups excluding carboxylic acids is 2. The lowest BCUT2D eigenvalue weighted by Crippen LogP contribution is -2.42. The molecular weight excluding hydrogens is 566 g/mol. The number of halogens is 1. The molecule has 1 aliphatic heterocycles. The zero-order chi connectivity index (χ0) is 28.6. The number of benzene rings is 1. The number of carbonyl (C=O) groups is 2. The molecule has 1 amide bonds. The number of allylic oxidation sites excluding steroid dienone is 3. The topological polar surface area (TPSA) is 138 Å². The van der Waals surface area contributed by atoms with Crippen LogP contribution >= 0.6 is 34.7 Å². The predicted octanol–water partition coefficient (Wildman–Crippen LogP) is 5.57. The highest BCUT2D eigenvalue weighted by molar-refractivity contribution is 8.01. The van der Waals surface area contributed by atoms with Gasteiger partial charge in [0, 0.05) is 23.9 Å². The van der Waals surface area contributed by atoms with E-state index in [2.05, 4.69) is 26.6 Å². The highest BCUT2D eigenvalue weighted by atomic mass is 35.5. The van der Waals surface area contributed by atoms with Gasteiger partial charge in [-0.25, -0.2) is 4.98 Å². The molecule has 9 nitrogen and oxygen atoms in total. The second kappa shape index (κ2) is 11.0. The summed E-state index contributed by atoms with van der Waals surface area (Å²) in [6.07, 6.45) is 2.40. The Kier molecular flexibility index (Phi) is 7.68. The molecular formula is C28H26ClN7O2S2. The number of aromatic nitrogens is 3. The van der Waals surface area contributed by atoms with Gasteiger partial charge in [-0.3, -0.25) is 14.5 Å². The number of Topliss-reactive ketones (excluding diaryl/α,β-unsaturated/α-hetero) is 1. The van der Waals surface area contributed by atoms with Crippen molar-refractivity contribution in [1.29, 1.82) is 5.26 Å². The molecule has 0 fully saturated rings. The maximum Gasteiger partial charge on any atom is 0.235 e. The number of thioether (sulfide) groups is 1. The minimum absolute atomic E-state index is 0.00338. The van der Waals surface area contributed by atoms with E-state index in [-0.39, 0.29) is 28.7 Å². The highest BCUT2D eigenvalue weighted by Crippen LogP contribution is 2.51. The molecule has 204 valence electrons. The van der Waals surface area contributed by atoms with Crippen LogP contribution in [-0.4, -0.2) is 32.6 Å². The number of hydrogen-bond acceptors (Lipinski definition) is 10. The van der Waals surface area contributed by atoms with Crippen LogP contribution in [0, 0.1) is 23.7 Å². The summed E-state index contributed by atoms with van der Waals surface area (Å²) in [6, 6.07) is 13.3. The van der Waals surface area contributed by atoms with Crippen molar-refractivity contribution in [1.82, 2.24) is 15.2 Å². The average molecular weight is 592 g/mol. The molecule has 3 heterocycles. The Bertz CT molecular complexity index is 1600. The number of ketones is 1. The largest absolute Gasteiger partial charge is 0.384 e. The second-order valence-corrected chi connectivity index (χ2v) is 13.0. The number of pyridine rings is 1. The fourth-order valence-electron chi connectivity index (χ4n) is 5.06. The van der Waals surface area contributed by atoms with E-state index in [4.69, 9.17) is 17.3 Å². The van der Waals surface area contributed by atoms with Crippen LogP contribution in [0.4, 0.5) is 10.9 Å². The van der Waals surface area contributed by atoms with Crippen LogP contribution in [0.3, 0.4) is 0 Å². The van der Waals surface area contributed by atoms with Crippen LogP contribution in [0.1, 0.15) is 43.7 Å². The quantitative estimate of drug-likeness (QED) is 0.352. The molecule has 1 aliphatic carbocycles. The number of rotatable bonds is 6. The Labute approximate surface area is 245 Å². The van der Waals surface area contributed by atoms with E-state index in [0.29, 0.717) is 44.3 Å². The van der Waals surface area contributed by atoms with Gasteiger partial charge < -0.3 is 11.1 Å². The first-order valence-electron chi connectivity index (χ1n) is 12.5. The fraction of sp³-hybridized carbons (Fsp3) is 0.286. The van der Waals surface area contributed by atoms with Gasteiger partial charge in [-0.1, -0.05) is 72.8 Å². The van der Waals surface area contributed by atoms with Crippen molar-refractivity contribution in [3.8, 4) is 6.07 Å². The first-order chi connectivity index (χ1) is 19.1. The van der Waals surface area contributed by atoms with E-state index in [9.17, 15) is 14.9 Å². The minimum atomic E-state index is -0.548. The molecule has 12 heteroatoms. The fourth-order valence-corrected chi connectivity index (χ4v) is 6.85. The lowest BCUT2D eigenvalue weighted by molar-refractivity contribution is -0.118. The van der Waals surface area contributed by atoms with Gasteiger partial charge in [-0.05, 0) is 42.0 Å². The zero-order valence-electron chi connectivity index (χ0n) is 22.1. The number of nitriles is 1. The normalized spacial score (nSPS) is 18.4. The lowest BCUT2D eigenvalue weighted by Gasteiger charge is -2.42. The Morgan fingerprint density at radius 1 is 1.27 bits per heavy atom. The maximum atomic E-state index is 13.7. The maximum absolute atomic E-state index is 13.7. The summed E-state index contributed by atoms with van der Waals surface area (Å²) in [4.78, 5) is 31.9. The Morgan fingerprint density at radius 3 is 2.75 bits per heavy atom. The molecule has 1 atom stereocenters. The Balaban J connectivity index is 1.47. The van der Waals surface area contributed by atoms with Crippen molar-refractivity contribution in [3.63, 3.8) is 0 Å². The van der Waals surface area contributed by atoms with E-state index in [1.54, 1.807) is 17.0 Å². The molecule has 1 aromatic carbocycles. The number of nitrogens with one attached hydrogen (secondary N) is 1. The van der Waals surface area contributed by atoms with Gasteiger partial charge in [0.1, 0.15) is 11.6 Å². The number of hydrogen-bond donors (Lipinski definition) is 2. The van der Waals surface area contributed by atoms with Gasteiger partial charge in [0.25, 0.3) is 0 Å². The SMILES string of the molecule is Cc1ccccc1C1C(C#N)=C(N)N(c2nnc(SCC(=O)Nc3ccc(Cl)cn3)s2)C2=C1C(=O)CC(C)(C)C2. The standard InChI is InChI=1S/C28H26ClN7O2S2/c1-15-6-4-5-7-17(15)23-18(12-30)25(31)36(19-10-28(2,3)11-20(37)24(19)23)26-34-35-27(40-26)39-14-22(38)33-21-9-8-16(29)13-32-21/h4-9,13,23H,10-11,14,31H2,1-3H3,(H,32,33,38). The molecule has 2 aromatic heterocycles. The number of anilines is 2. The molecule has 40 heavy (non-hydrogen) atoms. The first kappa shape index (κ1) is 27.8. The number of aryl methyl sites for hydroxylation is 1. The number of nitrogens with two attached hydrogens (primary N) is 1. The van der Waals surface area contributed by atoms with Crippen LogP contribution in [0.5, 0.6) is 0 Å². The van der Waals surface area contributed by atoms with Gasteiger partial charge in [-0.15, -0.1) is 10.2 Å². The van der Waals surface area contributed by atoms with Crippen molar-refractivity contribution < 1.29 is 9.59 Å². The second-order valence-electron chi connectivity index (χ2n) is 10.4.